The van der Waals surface area contributed by atoms with Crippen LogP contribution < -0.4 is 0 Å². The molecular formula is C8H17NO3S. The predicted molar refractivity (Wildman–Crippen MR) is 50.8 cm³/mol. The molecule has 1 saturated carbocycles. The first kappa shape index (κ1) is 10.9. The van der Waals surface area contributed by atoms with Gasteiger partial charge in [-0.25, -0.2) is 0 Å². The summed E-state index contributed by atoms with van der Waals surface area (Å²) in [5.41, 5.74) is 0. The largest absolute Gasteiger partial charge is 0.336 e. The normalized spacial score (nSPS) is 19.9. The Labute approximate surface area is 79.8 Å². The Hall–Kier alpha value is -0.130. The molecule has 1 N–H and O–H groups in total. The van der Waals surface area contributed by atoms with Crippen molar-refractivity contribution in [3.05, 3.63) is 0 Å². The van der Waals surface area contributed by atoms with Crippen LogP contribution in [0.3, 0.4) is 0 Å². The number of rotatable bonds is 4. The highest BCUT2D eigenvalue weighted by atomic mass is 32.2. The third-order valence-electron chi connectivity index (χ3n) is 2.47. The van der Waals surface area contributed by atoms with Gasteiger partial charge in [0.25, 0.3) is 0 Å². The third kappa shape index (κ3) is 2.93. The van der Waals surface area contributed by atoms with Gasteiger partial charge in [0.2, 0.25) is 0 Å². The first-order chi connectivity index (χ1) is 6.05. The molecule has 78 valence electrons. The quantitative estimate of drug-likeness (QED) is 0.710. The van der Waals surface area contributed by atoms with E-state index in [9.17, 15) is 8.42 Å². The van der Waals surface area contributed by atoms with Crippen molar-refractivity contribution >= 4 is 10.3 Å². The van der Waals surface area contributed by atoms with Crippen molar-refractivity contribution < 1.29 is 13.0 Å². The Morgan fingerprint density at radius 2 is 1.92 bits per heavy atom. The van der Waals surface area contributed by atoms with E-state index in [0.29, 0.717) is 6.54 Å². The molecule has 0 spiro atoms. The maximum Gasteiger partial charge on any atom is 0.336 e. The van der Waals surface area contributed by atoms with E-state index < -0.39 is 10.3 Å². The SMILES string of the molecule is CCCN(C1CCCC1)S(=O)(=O)O. The van der Waals surface area contributed by atoms with Crippen LogP contribution in [0.1, 0.15) is 39.0 Å². The van der Waals surface area contributed by atoms with E-state index in [1.807, 2.05) is 6.92 Å². The van der Waals surface area contributed by atoms with Crippen LogP contribution in [-0.4, -0.2) is 29.9 Å². The van der Waals surface area contributed by atoms with Crippen molar-refractivity contribution in [1.82, 2.24) is 4.31 Å². The Bertz CT molecular complexity index is 244. The summed E-state index contributed by atoms with van der Waals surface area (Å²) in [6.45, 7) is 2.34. The molecule has 0 unspecified atom stereocenters. The lowest BCUT2D eigenvalue weighted by Gasteiger charge is -2.24. The Morgan fingerprint density at radius 3 is 2.31 bits per heavy atom. The van der Waals surface area contributed by atoms with Gasteiger partial charge >= 0.3 is 10.3 Å². The Balaban J connectivity index is 2.66. The van der Waals surface area contributed by atoms with Crippen LogP contribution in [0.5, 0.6) is 0 Å². The zero-order valence-corrected chi connectivity index (χ0v) is 8.76. The maximum absolute atomic E-state index is 11.0. The molecule has 1 aliphatic carbocycles. The average Bonchev–Trinajstić information content (AvgIpc) is 2.49. The highest BCUT2D eigenvalue weighted by Gasteiger charge is 2.29. The minimum Gasteiger partial charge on any atom is -0.273 e. The molecule has 1 rings (SSSR count). The molecule has 0 radical (unpaired) electrons. The van der Waals surface area contributed by atoms with E-state index in [1.165, 1.54) is 4.31 Å². The standard InChI is InChI=1S/C8H17NO3S/c1-2-7-9(13(10,11)12)8-5-3-4-6-8/h8H,2-7H2,1H3,(H,10,11,12). The summed E-state index contributed by atoms with van der Waals surface area (Å²) in [6.07, 6.45) is 4.66. The van der Waals surface area contributed by atoms with Gasteiger partial charge in [-0.05, 0) is 19.3 Å². The molecule has 0 atom stereocenters. The van der Waals surface area contributed by atoms with Crippen molar-refractivity contribution in [2.75, 3.05) is 6.54 Å². The topological polar surface area (TPSA) is 57.6 Å². The fourth-order valence-corrected chi connectivity index (χ4v) is 2.90. The van der Waals surface area contributed by atoms with Gasteiger partial charge in [0.05, 0.1) is 0 Å². The van der Waals surface area contributed by atoms with E-state index >= 15 is 0 Å². The van der Waals surface area contributed by atoms with E-state index in [1.54, 1.807) is 0 Å². The van der Waals surface area contributed by atoms with Gasteiger partial charge in [0.1, 0.15) is 0 Å². The van der Waals surface area contributed by atoms with E-state index in [0.717, 1.165) is 32.1 Å². The number of nitrogens with zero attached hydrogens (tertiary/aromatic N) is 1. The fraction of sp³-hybridized carbons (Fsp3) is 1.00. The number of hydrogen-bond donors (Lipinski definition) is 1. The monoisotopic (exact) mass is 207 g/mol. The average molecular weight is 207 g/mol. The smallest absolute Gasteiger partial charge is 0.273 e. The van der Waals surface area contributed by atoms with Crippen LogP contribution in [0.15, 0.2) is 0 Å². The highest BCUT2D eigenvalue weighted by molar-refractivity contribution is 7.83. The summed E-state index contributed by atoms with van der Waals surface area (Å²) in [6, 6.07) is 0.0370. The molecule has 5 heteroatoms. The second kappa shape index (κ2) is 4.39. The van der Waals surface area contributed by atoms with E-state index in [-0.39, 0.29) is 6.04 Å². The summed E-state index contributed by atoms with van der Waals surface area (Å²) in [5.74, 6) is 0. The molecule has 0 aromatic heterocycles. The van der Waals surface area contributed by atoms with Gasteiger partial charge in [-0.3, -0.25) is 4.55 Å². The molecule has 0 aromatic carbocycles. The van der Waals surface area contributed by atoms with Gasteiger partial charge in [0, 0.05) is 12.6 Å². The van der Waals surface area contributed by atoms with Gasteiger partial charge < -0.3 is 0 Å². The summed E-state index contributed by atoms with van der Waals surface area (Å²) in [5, 5.41) is 0. The van der Waals surface area contributed by atoms with Gasteiger partial charge in [-0.1, -0.05) is 19.8 Å². The van der Waals surface area contributed by atoms with Gasteiger partial charge in [-0.15, -0.1) is 0 Å². The van der Waals surface area contributed by atoms with E-state index in [4.69, 9.17) is 4.55 Å². The lowest BCUT2D eigenvalue weighted by Crippen LogP contribution is -2.38. The van der Waals surface area contributed by atoms with Gasteiger partial charge in [0.15, 0.2) is 0 Å². The summed E-state index contributed by atoms with van der Waals surface area (Å²) >= 11 is 0. The Morgan fingerprint density at radius 1 is 1.38 bits per heavy atom. The fourth-order valence-electron chi connectivity index (χ4n) is 1.90. The molecule has 1 aliphatic rings. The van der Waals surface area contributed by atoms with Crippen LogP contribution in [0.2, 0.25) is 0 Å². The predicted octanol–water partition coefficient (Wildman–Crippen LogP) is 1.44. The van der Waals surface area contributed by atoms with Crippen molar-refractivity contribution in [3.8, 4) is 0 Å². The van der Waals surface area contributed by atoms with Crippen molar-refractivity contribution in [2.45, 2.75) is 45.1 Å². The molecule has 0 aromatic rings. The first-order valence-electron chi connectivity index (χ1n) is 4.80. The van der Waals surface area contributed by atoms with Crippen LogP contribution in [0, 0.1) is 0 Å². The molecule has 0 amide bonds. The minimum absolute atomic E-state index is 0.0370. The molecule has 4 nitrogen and oxygen atoms in total. The van der Waals surface area contributed by atoms with Crippen LogP contribution in [-0.2, 0) is 10.3 Å². The van der Waals surface area contributed by atoms with Crippen LogP contribution in [0.25, 0.3) is 0 Å². The Kier molecular flexibility index (Phi) is 3.70. The molecule has 1 fully saturated rings. The zero-order valence-electron chi connectivity index (χ0n) is 7.94. The summed E-state index contributed by atoms with van der Waals surface area (Å²) < 4.78 is 32.2. The van der Waals surface area contributed by atoms with Crippen molar-refractivity contribution in [3.63, 3.8) is 0 Å². The first-order valence-corrected chi connectivity index (χ1v) is 6.19. The third-order valence-corrected chi connectivity index (χ3v) is 3.55. The molecule has 0 saturated heterocycles. The second-order valence-electron chi connectivity index (χ2n) is 3.53. The second-order valence-corrected chi connectivity index (χ2v) is 4.89. The van der Waals surface area contributed by atoms with Crippen LogP contribution in [0.4, 0.5) is 0 Å². The van der Waals surface area contributed by atoms with Crippen molar-refractivity contribution in [2.24, 2.45) is 0 Å². The maximum atomic E-state index is 11.0. The lowest BCUT2D eigenvalue weighted by atomic mass is 10.2. The number of hydrogen-bond acceptors (Lipinski definition) is 2. The summed E-state index contributed by atoms with van der Waals surface area (Å²) in [7, 11) is -3.98. The molecule has 0 aliphatic heterocycles. The minimum atomic E-state index is -3.98. The van der Waals surface area contributed by atoms with E-state index in [2.05, 4.69) is 0 Å². The highest BCUT2D eigenvalue weighted by Crippen LogP contribution is 2.25. The summed E-state index contributed by atoms with van der Waals surface area (Å²) in [4.78, 5) is 0. The molecule has 0 heterocycles. The molecule has 13 heavy (non-hydrogen) atoms. The lowest BCUT2D eigenvalue weighted by molar-refractivity contribution is 0.287. The van der Waals surface area contributed by atoms with Crippen LogP contribution >= 0.6 is 0 Å². The van der Waals surface area contributed by atoms with Crippen molar-refractivity contribution in [1.29, 1.82) is 0 Å². The molecule has 0 bridgehead atoms. The zero-order chi connectivity index (χ0) is 9.90. The van der Waals surface area contributed by atoms with Gasteiger partial charge in [-0.2, -0.15) is 12.7 Å². The molecular weight excluding hydrogens is 190 g/mol.